The van der Waals surface area contributed by atoms with Crippen molar-refractivity contribution < 1.29 is 9.72 Å². The highest BCUT2D eigenvalue weighted by Crippen LogP contribution is 2.22. The Morgan fingerprint density at radius 1 is 1.48 bits per heavy atom. The summed E-state index contributed by atoms with van der Waals surface area (Å²) in [5.74, 6) is -0.310. The summed E-state index contributed by atoms with van der Waals surface area (Å²) < 4.78 is 0. The number of nitro groups is 1. The van der Waals surface area contributed by atoms with E-state index < -0.39 is 4.92 Å². The van der Waals surface area contributed by atoms with Crippen molar-refractivity contribution in [3.05, 3.63) is 34.0 Å². The first-order chi connectivity index (χ1) is 10.1. The first-order valence-electron chi connectivity index (χ1n) is 6.79. The molecule has 1 aliphatic heterocycles. The number of nitrogens with one attached hydrogen (secondary N) is 3. The number of non-ortho nitro benzene ring substituents is 1. The van der Waals surface area contributed by atoms with Crippen LogP contribution in [0, 0.1) is 10.1 Å². The Kier molecular flexibility index (Phi) is 3.53. The van der Waals surface area contributed by atoms with Gasteiger partial charge in [0.15, 0.2) is 5.69 Å². The standard InChI is InChI=1S/C13H15N5O3/c19-13(15-8-2-1-5-14-7-8)12-10-6-9(18(20)21)3-4-11(10)16-17-12/h3-4,6,8,14H,1-2,5,7H2,(H,15,19)(H,16,17). The molecule has 2 heterocycles. The van der Waals surface area contributed by atoms with E-state index >= 15 is 0 Å². The SMILES string of the molecule is O=C(NC1CCCNC1)c1n[nH]c2ccc([N+](=O)[O-])cc12. The number of amides is 1. The molecule has 3 rings (SSSR count). The Labute approximate surface area is 120 Å². The van der Waals surface area contributed by atoms with Crippen LogP contribution in [0.3, 0.4) is 0 Å². The topological polar surface area (TPSA) is 113 Å². The van der Waals surface area contributed by atoms with E-state index in [1.54, 1.807) is 6.07 Å². The molecule has 2 aromatic rings. The maximum Gasteiger partial charge on any atom is 0.272 e. The molecule has 1 unspecified atom stereocenters. The van der Waals surface area contributed by atoms with Gasteiger partial charge in [-0.3, -0.25) is 20.0 Å². The molecule has 1 aliphatic rings. The molecule has 1 atom stereocenters. The fourth-order valence-electron chi connectivity index (χ4n) is 2.52. The second-order valence-corrected chi connectivity index (χ2v) is 5.08. The van der Waals surface area contributed by atoms with Crippen LogP contribution < -0.4 is 10.6 Å². The van der Waals surface area contributed by atoms with Crippen LogP contribution in [-0.2, 0) is 0 Å². The van der Waals surface area contributed by atoms with Gasteiger partial charge < -0.3 is 10.6 Å². The molecule has 1 aromatic carbocycles. The monoisotopic (exact) mass is 289 g/mol. The summed E-state index contributed by atoms with van der Waals surface area (Å²) in [6, 6.07) is 4.37. The largest absolute Gasteiger partial charge is 0.347 e. The summed E-state index contributed by atoms with van der Waals surface area (Å²) in [6.45, 7) is 1.69. The van der Waals surface area contributed by atoms with E-state index in [-0.39, 0.29) is 23.3 Å². The Morgan fingerprint density at radius 2 is 2.33 bits per heavy atom. The zero-order chi connectivity index (χ0) is 14.8. The number of nitrogens with zero attached hydrogens (tertiary/aromatic N) is 2. The molecule has 8 nitrogen and oxygen atoms in total. The van der Waals surface area contributed by atoms with Crippen molar-refractivity contribution in [1.29, 1.82) is 0 Å². The summed E-state index contributed by atoms with van der Waals surface area (Å²) in [5, 5.41) is 24.1. The fourth-order valence-corrected chi connectivity index (χ4v) is 2.52. The second-order valence-electron chi connectivity index (χ2n) is 5.08. The Bertz CT molecular complexity index is 690. The number of piperidine rings is 1. The van der Waals surface area contributed by atoms with E-state index in [1.165, 1.54) is 12.1 Å². The van der Waals surface area contributed by atoms with Crippen LogP contribution in [0.1, 0.15) is 23.3 Å². The van der Waals surface area contributed by atoms with Crippen molar-refractivity contribution in [2.24, 2.45) is 0 Å². The van der Waals surface area contributed by atoms with Crippen LogP contribution in [-0.4, -0.2) is 40.2 Å². The number of H-pyrrole nitrogens is 1. The van der Waals surface area contributed by atoms with Gasteiger partial charge >= 0.3 is 0 Å². The lowest BCUT2D eigenvalue weighted by Crippen LogP contribution is -2.45. The number of hydrogen-bond acceptors (Lipinski definition) is 5. The number of carbonyl (C=O) groups excluding carboxylic acids is 1. The summed E-state index contributed by atoms with van der Waals surface area (Å²) in [7, 11) is 0. The van der Waals surface area contributed by atoms with E-state index in [1.807, 2.05) is 0 Å². The minimum absolute atomic E-state index is 0.0581. The Morgan fingerprint density at radius 3 is 3.05 bits per heavy atom. The van der Waals surface area contributed by atoms with Crippen molar-refractivity contribution in [2.45, 2.75) is 18.9 Å². The van der Waals surface area contributed by atoms with E-state index in [9.17, 15) is 14.9 Å². The number of aromatic nitrogens is 2. The van der Waals surface area contributed by atoms with Gasteiger partial charge in [0, 0.05) is 30.1 Å². The Balaban J connectivity index is 1.86. The molecule has 110 valence electrons. The summed E-state index contributed by atoms with van der Waals surface area (Å²) in [5.41, 5.74) is 0.740. The van der Waals surface area contributed by atoms with Gasteiger partial charge in [-0.15, -0.1) is 0 Å². The van der Waals surface area contributed by atoms with Gasteiger partial charge in [0.25, 0.3) is 11.6 Å². The molecule has 3 N–H and O–H groups in total. The molecule has 0 saturated carbocycles. The third-order valence-corrected chi connectivity index (χ3v) is 3.60. The number of aromatic amines is 1. The summed E-state index contributed by atoms with van der Waals surface area (Å²) >= 11 is 0. The van der Waals surface area contributed by atoms with Gasteiger partial charge in [-0.05, 0) is 25.5 Å². The summed E-state index contributed by atoms with van der Waals surface area (Å²) in [4.78, 5) is 22.6. The zero-order valence-corrected chi connectivity index (χ0v) is 11.3. The smallest absolute Gasteiger partial charge is 0.272 e. The minimum Gasteiger partial charge on any atom is -0.347 e. The summed E-state index contributed by atoms with van der Waals surface area (Å²) in [6.07, 6.45) is 1.93. The van der Waals surface area contributed by atoms with Crippen molar-refractivity contribution >= 4 is 22.5 Å². The van der Waals surface area contributed by atoms with Gasteiger partial charge in [-0.25, -0.2) is 0 Å². The van der Waals surface area contributed by atoms with Gasteiger partial charge in [0.05, 0.1) is 10.4 Å². The van der Waals surface area contributed by atoms with E-state index in [0.29, 0.717) is 10.9 Å². The molecule has 8 heteroatoms. The van der Waals surface area contributed by atoms with Crippen molar-refractivity contribution in [2.75, 3.05) is 13.1 Å². The van der Waals surface area contributed by atoms with Crippen LogP contribution in [0.25, 0.3) is 10.9 Å². The average molecular weight is 289 g/mol. The predicted octanol–water partition coefficient (Wildman–Crippen LogP) is 0.953. The maximum absolute atomic E-state index is 12.3. The van der Waals surface area contributed by atoms with E-state index in [0.717, 1.165) is 25.9 Å². The van der Waals surface area contributed by atoms with Gasteiger partial charge in [-0.2, -0.15) is 5.10 Å². The molecule has 0 aliphatic carbocycles. The lowest BCUT2D eigenvalue weighted by atomic mass is 10.1. The molecule has 0 radical (unpaired) electrons. The highest BCUT2D eigenvalue weighted by Gasteiger charge is 2.21. The quantitative estimate of drug-likeness (QED) is 0.575. The van der Waals surface area contributed by atoms with Gasteiger partial charge in [0.1, 0.15) is 0 Å². The predicted molar refractivity (Wildman–Crippen MR) is 76.1 cm³/mol. The molecule has 1 amide bonds. The number of rotatable bonds is 3. The van der Waals surface area contributed by atoms with Gasteiger partial charge in [-0.1, -0.05) is 0 Å². The lowest BCUT2D eigenvalue weighted by molar-refractivity contribution is -0.384. The Hall–Kier alpha value is -2.48. The lowest BCUT2D eigenvalue weighted by Gasteiger charge is -2.23. The molecular formula is C13H15N5O3. The van der Waals surface area contributed by atoms with Crippen molar-refractivity contribution in [1.82, 2.24) is 20.8 Å². The van der Waals surface area contributed by atoms with Crippen LogP contribution in [0.2, 0.25) is 0 Å². The van der Waals surface area contributed by atoms with Crippen molar-refractivity contribution in [3.63, 3.8) is 0 Å². The number of hydrogen-bond donors (Lipinski definition) is 3. The van der Waals surface area contributed by atoms with Crippen molar-refractivity contribution in [3.8, 4) is 0 Å². The van der Waals surface area contributed by atoms with E-state index in [4.69, 9.17) is 0 Å². The number of fused-ring (bicyclic) bond motifs is 1. The average Bonchev–Trinajstić information content (AvgIpc) is 2.91. The molecule has 0 bridgehead atoms. The molecule has 1 saturated heterocycles. The van der Waals surface area contributed by atoms with Gasteiger partial charge in [0.2, 0.25) is 0 Å². The maximum atomic E-state index is 12.3. The zero-order valence-electron chi connectivity index (χ0n) is 11.3. The molecule has 0 spiro atoms. The van der Waals surface area contributed by atoms with Crippen LogP contribution in [0.5, 0.6) is 0 Å². The van der Waals surface area contributed by atoms with Crippen LogP contribution >= 0.6 is 0 Å². The first kappa shape index (κ1) is 13.5. The molecule has 1 aromatic heterocycles. The normalized spacial score (nSPS) is 18.6. The first-order valence-corrected chi connectivity index (χ1v) is 6.79. The highest BCUT2D eigenvalue weighted by atomic mass is 16.6. The van der Waals surface area contributed by atoms with E-state index in [2.05, 4.69) is 20.8 Å². The second kappa shape index (κ2) is 5.49. The number of benzene rings is 1. The van der Waals surface area contributed by atoms with Crippen LogP contribution in [0.15, 0.2) is 18.2 Å². The number of nitro benzene ring substituents is 1. The number of carbonyl (C=O) groups is 1. The molecule has 21 heavy (non-hydrogen) atoms. The third-order valence-electron chi connectivity index (χ3n) is 3.60. The van der Waals surface area contributed by atoms with Crippen LogP contribution in [0.4, 0.5) is 5.69 Å². The fraction of sp³-hybridized carbons (Fsp3) is 0.385. The highest BCUT2D eigenvalue weighted by molar-refractivity contribution is 6.05. The minimum atomic E-state index is -0.487. The molecular weight excluding hydrogens is 274 g/mol. The molecule has 1 fully saturated rings. The third kappa shape index (κ3) is 2.70.